The van der Waals surface area contributed by atoms with Crippen LogP contribution in [0.15, 0.2) is 24.3 Å². The van der Waals surface area contributed by atoms with Crippen LogP contribution in [-0.4, -0.2) is 20.7 Å². The van der Waals surface area contributed by atoms with Gasteiger partial charge in [-0.25, -0.2) is 4.79 Å². The third-order valence-electron chi connectivity index (χ3n) is 6.10. The van der Waals surface area contributed by atoms with Crippen LogP contribution in [0.3, 0.4) is 0 Å². The molecule has 183 valence electrons. The molecule has 0 fully saturated rings. The van der Waals surface area contributed by atoms with E-state index in [2.05, 4.69) is 26.6 Å². The standard InChI is InChI=1S/C28H49O3Si/c1-5-6-7-8-9-10-11-12-13-14-15-16-17-18-19-20-25-30-31-28(29)26-21-23-27(24-22-26)32(2,3)4/h21-24H,1,5-20,25H2,2-4H3. The first-order valence-corrected chi connectivity index (χ1v) is 16.7. The van der Waals surface area contributed by atoms with Crippen LogP contribution < -0.4 is 5.19 Å². The van der Waals surface area contributed by atoms with Gasteiger partial charge in [0.15, 0.2) is 0 Å². The molecule has 0 heterocycles. The van der Waals surface area contributed by atoms with E-state index >= 15 is 0 Å². The molecule has 4 heteroatoms. The van der Waals surface area contributed by atoms with Crippen LogP contribution in [0.4, 0.5) is 0 Å². The van der Waals surface area contributed by atoms with Crippen LogP contribution in [0.5, 0.6) is 0 Å². The van der Waals surface area contributed by atoms with Crippen molar-refractivity contribution in [3.8, 4) is 0 Å². The second-order valence-corrected chi connectivity index (χ2v) is 15.3. The molecular formula is C28H49O3Si. The van der Waals surface area contributed by atoms with E-state index in [1.165, 1.54) is 88.7 Å². The second-order valence-electron chi connectivity index (χ2n) is 10.2. The number of hydrogen-bond donors (Lipinski definition) is 0. The molecular weight excluding hydrogens is 412 g/mol. The van der Waals surface area contributed by atoms with Crippen molar-refractivity contribution in [3.05, 3.63) is 36.8 Å². The lowest BCUT2D eigenvalue weighted by molar-refractivity contribution is -0.241. The van der Waals surface area contributed by atoms with Gasteiger partial charge < -0.3 is 0 Å². The summed E-state index contributed by atoms with van der Waals surface area (Å²) in [5.74, 6) is -0.402. The molecule has 0 N–H and O–H groups in total. The highest BCUT2D eigenvalue weighted by Gasteiger charge is 2.17. The van der Waals surface area contributed by atoms with Gasteiger partial charge in [0.05, 0.1) is 20.2 Å². The first-order valence-electron chi connectivity index (χ1n) is 13.2. The Labute approximate surface area is 199 Å². The van der Waals surface area contributed by atoms with E-state index in [-0.39, 0.29) is 0 Å². The number of unbranched alkanes of at least 4 members (excludes halogenated alkanes) is 15. The van der Waals surface area contributed by atoms with Crippen LogP contribution in [0.1, 0.15) is 113 Å². The summed E-state index contributed by atoms with van der Waals surface area (Å²) in [5.41, 5.74) is 0.553. The van der Waals surface area contributed by atoms with Crippen LogP contribution in [0.2, 0.25) is 19.6 Å². The van der Waals surface area contributed by atoms with Crippen molar-refractivity contribution in [2.75, 3.05) is 6.61 Å². The average molecular weight is 462 g/mol. The van der Waals surface area contributed by atoms with Gasteiger partial charge in [-0.2, -0.15) is 4.89 Å². The molecule has 1 radical (unpaired) electrons. The highest BCUT2D eigenvalue weighted by molar-refractivity contribution is 6.88. The molecule has 1 aromatic rings. The van der Waals surface area contributed by atoms with Crippen LogP contribution in [0.25, 0.3) is 0 Å². The monoisotopic (exact) mass is 461 g/mol. The molecule has 0 atom stereocenters. The SMILES string of the molecule is [CH2]CCCCCCCCCCCCCCCCCOOC(=O)c1ccc([Si](C)(C)C)cc1. The quantitative estimate of drug-likeness (QED) is 0.0846. The minimum atomic E-state index is -1.34. The van der Waals surface area contributed by atoms with Crippen LogP contribution in [-0.2, 0) is 9.78 Å². The van der Waals surface area contributed by atoms with Gasteiger partial charge >= 0.3 is 5.97 Å². The highest BCUT2D eigenvalue weighted by atomic mass is 28.3. The zero-order chi connectivity index (χ0) is 23.5. The molecule has 0 aliphatic rings. The lowest BCUT2D eigenvalue weighted by atomic mass is 10.0. The van der Waals surface area contributed by atoms with E-state index < -0.39 is 14.0 Å². The van der Waals surface area contributed by atoms with Gasteiger partial charge in [-0.3, -0.25) is 4.89 Å². The van der Waals surface area contributed by atoms with Gasteiger partial charge in [-0.15, -0.1) is 0 Å². The summed E-state index contributed by atoms with van der Waals surface area (Å²) in [6.07, 6.45) is 20.9. The molecule has 0 aliphatic heterocycles. The highest BCUT2D eigenvalue weighted by Crippen LogP contribution is 2.14. The smallest absolute Gasteiger partial charge is 0.293 e. The normalized spacial score (nSPS) is 11.6. The van der Waals surface area contributed by atoms with E-state index in [4.69, 9.17) is 9.78 Å². The lowest BCUT2D eigenvalue weighted by Crippen LogP contribution is -2.37. The van der Waals surface area contributed by atoms with Crippen molar-refractivity contribution in [1.29, 1.82) is 0 Å². The number of rotatable bonds is 20. The van der Waals surface area contributed by atoms with Gasteiger partial charge in [0.25, 0.3) is 0 Å². The first kappa shape index (κ1) is 28.9. The van der Waals surface area contributed by atoms with E-state index in [1.54, 1.807) is 0 Å². The van der Waals surface area contributed by atoms with Crippen molar-refractivity contribution >= 4 is 19.2 Å². The number of carbonyl (C=O) groups is 1. The molecule has 0 amide bonds. The number of hydrogen-bond acceptors (Lipinski definition) is 3. The zero-order valence-corrected chi connectivity index (χ0v) is 22.3. The summed E-state index contributed by atoms with van der Waals surface area (Å²) in [6.45, 7) is 11.3. The fraction of sp³-hybridized carbons (Fsp3) is 0.714. The third-order valence-corrected chi connectivity index (χ3v) is 8.16. The van der Waals surface area contributed by atoms with Gasteiger partial charge in [0.1, 0.15) is 0 Å². The van der Waals surface area contributed by atoms with Crippen molar-refractivity contribution in [3.63, 3.8) is 0 Å². The Morgan fingerprint density at radius 3 is 1.50 bits per heavy atom. The summed E-state index contributed by atoms with van der Waals surface area (Å²) in [6, 6.07) is 7.76. The van der Waals surface area contributed by atoms with E-state index in [9.17, 15) is 4.79 Å². The molecule has 0 aliphatic carbocycles. The Morgan fingerprint density at radius 1 is 0.688 bits per heavy atom. The summed E-state index contributed by atoms with van der Waals surface area (Å²) < 4.78 is 0. The Bertz CT molecular complexity index is 577. The van der Waals surface area contributed by atoms with Crippen molar-refractivity contribution in [1.82, 2.24) is 0 Å². The predicted molar refractivity (Wildman–Crippen MR) is 140 cm³/mol. The minimum absolute atomic E-state index is 0.402. The second kappa shape index (κ2) is 18.3. The molecule has 3 nitrogen and oxygen atoms in total. The maximum Gasteiger partial charge on any atom is 0.373 e. The fourth-order valence-corrected chi connectivity index (χ4v) is 5.05. The largest absolute Gasteiger partial charge is 0.373 e. The lowest BCUT2D eigenvalue weighted by Gasteiger charge is -2.16. The Hall–Kier alpha value is -1.13. The Kier molecular flexibility index (Phi) is 16.5. The fourth-order valence-electron chi connectivity index (χ4n) is 3.89. The predicted octanol–water partition coefficient (Wildman–Crippen LogP) is 8.40. The van der Waals surface area contributed by atoms with Crippen LogP contribution >= 0.6 is 0 Å². The molecule has 0 aromatic heterocycles. The summed E-state index contributed by atoms with van der Waals surface area (Å²) >= 11 is 0. The molecule has 1 aromatic carbocycles. The van der Waals surface area contributed by atoms with Gasteiger partial charge in [0.2, 0.25) is 0 Å². The van der Waals surface area contributed by atoms with Gasteiger partial charge in [0, 0.05) is 0 Å². The Morgan fingerprint density at radius 2 is 1.09 bits per heavy atom. The Balaban J connectivity index is 1.86. The average Bonchev–Trinajstić information content (AvgIpc) is 2.77. The maximum atomic E-state index is 12.0. The molecule has 32 heavy (non-hydrogen) atoms. The third kappa shape index (κ3) is 14.8. The molecule has 0 spiro atoms. The summed E-state index contributed by atoms with van der Waals surface area (Å²) in [4.78, 5) is 22.1. The van der Waals surface area contributed by atoms with Crippen molar-refractivity contribution < 1.29 is 14.6 Å². The van der Waals surface area contributed by atoms with Gasteiger partial charge in [-0.05, 0) is 18.6 Å². The summed E-state index contributed by atoms with van der Waals surface area (Å²) in [5, 5.41) is 1.33. The summed E-state index contributed by atoms with van der Waals surface area (Å²) in [7, 11) is -1.34. The van der Waals surface area contributed by atoms with E-state index in [0.29, 0.717) is 12.2 Å². The maximum absolute atomic E-state index is 12.0. The van der Waals surface area contributed by atoms with Crippen LogP contribution in [0, 0.1) is 6.92 Å². The molecule has 0 saturated carbocycles. The number of carbonyl (C=O) groups excluding carboxylic acids is 1. The van der Waals surface area contributed by atoms with Crippen molar-refractivity contribution in [2.24, 2.45) is 0 Å². The van der Waals surface area contributed by atoms with Crippen molar-refractivity contribution in [2.45, 2.75) is 122 Å². The zero-order valence-electron chi connectivity index (χ0n) is 21.3. The molecule has 0 unspecified atom stereocenters. The van der Waals surface area contributed by atoms with E-state index in [1.807, 2.05) is 24.3 Å². The van der Waals surface area contributed by atoms with E-state index in [0.717, 1.165) is 19.3 Å². The molecule has 0 saturated heterocycles. The molecule has 1 rings (SSSR count). The minimum Gasteiger partial charge on any atom is -0.293 e. The first-order chi connectivity index (χ1) is 15.4. The number of benzene rings is 1. The topological polar surface area (TPSA) is 35.5 Å². The van der Waals surface area contributed by atoms with Gasteiger partial charge in [-0.1, -0.05) is 140 Å². The molecule has 0 bridgehead atoms.